The van der Waals surface area contributed by atoms with Gasteiger partial charge in [-0.1, -0.05) is 36.4 Å². The minimum atomic E-state index is -4.41. The summed E-state index contributed by atoms with van der Waals surface area (Å²) >= 11 is 0. The number of carbonyl (C=O) groups is 1. The lowest BCUT2D eigenvalue weighted by Gasteiger charge is -2.33. The van der Waals surface area contributed by atoms with E-state index in [1.807, 2.05) is 30.3 Å². The van der Waals surface area contributed by atoms with Crippen molar-refractivity contribution in [2.45, 2.75) is 24.9 Å². The van der Waals surface area contributed by atoms with Gasteiger partial charge in [-0.2, -0.15) is 13.2 Å². The van der Waals surface area contributed by atoms with Crippen molar-refractivity contribution in [1.29, 1.82) is 0 Å². The highest BCUT2D eigenvalue weighted by Crippen LogP contribution is 2.31. The SMILES string of the molecule is O=C1CC(c2ccccc2)NC(Nc2cccc(C(F)(F)F)c2)N1. The molecule has 1 heterocycles. The summed E-state index contributed by atoms with van der Waals surface area (Å²) in [5.74, 6) is -0.174. The van der Waals surface area contributed by atoms with Crippen LogP contribution in [0.15, 0.2) is 54.6 Å². The molecule has 2 atom stereocenters. The molecular formula is C17H16F3N3O. The summed E-state index contributed by atoms with van der Waals surface area (Å²) < 4.78 is 38.3. The number of hydrogen-bond donors (Lipinski definition) is 3. The van der Waals surface area contributed by atoms with Gasteiger partial charge in [0.1, 0.15) is 0 Å². The molecule has 0 saturated carbocycles. The lowest BCUT2D eigenvalue weighted by molar-refractivity contribution is -0.137. The molecule has 2 aromatic carbocycles. The summed E-state index contributed by atoms with van der Waals surface area (Å²) in [6, 6.07) is 14.1. The van der Waals surface area contributed by atoms with Crippen molar-refractivity contribution in [3.63, 3.8) is 0 Å². The molecular weight excluding hydrogens is 319 g/mol. The van der Waals surface area contributed by atoms with Gasteiger partial charge in [-0.15, -0.1) is 0 Å². The van der Waals surface area contributed by atoms with E-state index in [-0.39, 0.29) is 24.1 Å². The fourth-order valence-electron chi connectivity index (χ4n) is 2.64. The van der Waals surface area contributed by atoms with Crippen molar-refractivity contribution >= 4 is 11.6 Å². The van der Waals surface area contributed by atoms with Gasteiger partial charge in [0.25, 0.3) is 0 Å². The van der Waals surface area contributed by atoms with Crippen molar-refractivity contribution in [2.75, 3.05) is 5.32 Å². The molecule has 3 N–H and O–H groups in total. The van der Waals surface area contributed by atoms with Gasteiger partial charge in [-0.05, 0) is 23.8 Å². The average Bonchev–Trinajstić information content (AvgIpc) is 2.54. The number of benzene rings is 2. The minimum Gasteiger partial charge on any atom is -0.353 e. The molecule has 0 aliphatic carbocycles. The highest BCUT2D eigenvalue weighted by atomic mass is 19.4. The van der Waals surface area contributed by atoms with E-state index in [2.05, 4.69) is 16.0 Å². The molecule has 126 valence electrons. The molecule has 0 radical (unpaired) electrons. The Morgan fingerprint density at radius 3 is 2.50 bits per heavy atom. The zero-order valence-corrected chi connectivity index (χ0v) is 12.6. The first kappa shape index (κ1) is 16.3. The lowest BCUT2D eigenvalue weighted by Crippen LogP contribution is -2.56. The Bertz CT molecular complexity index is 719. The number of alkyl halides is 3. The quantitative estimate of drug-likeness (QED) is 0.807. The maximum Gasteiger partial charge on any atom is 0.416 e. The summed E-state index contributed by atoms with van der Waals surface area (Å²) in [6.45, 7) is 0. The van der Waals surface area contributed by atoms with Crippen molar-refractivity contribution in [1.82, 2.24) is 10.6 Å². The molecule has 24 heavy (non-hydrogen) atoms. The van der Waals surface area contributed by atoms with E-state index in [9.17, 15) is 18.0 Å². The molecule has 0 spiro atoms. The number of amides is 1. The Morgan fingerprint density at radius 2 is 1.79 bits per heavy atom. The number of hydrogen-bond acceptors (Lipinski definition) is 3. The average molecular weight is 335 g/mol. The van der Waals surface area contributed by atoms with Crippen LogP contribution in [0.1, 0.15) is 23.6 Å². The second-order valence-corrected chi connectivity index (χ2v) is 5.56. The summed E-state index contributed by atoms with van der Waals surface area (Å²) in [4.78, 5) is 11.9. The fourth-order valence-corrected chi connectivity index (χ4v) is 2.64. The van der Waals surface area contributed by atoms with Crippen LogP contribution < -0.4 is 16.0 Å². The summed E-state index contributed by atoms with van der Waals surface area (Å²) in [6.07, 6.45) is -4.79. The first-order chi connectivity index (χ1) is 11.4. The molecule has 4 nitrogen and oxygen atoms in total. The van der Waals surface area contributed by atoms with Crippen LogP contribution in [0.2, 0.25) is 0 Å². The lowest BCUT2D eigenvalue weighted by atomic mass is 10.0. The first-order valence-corrected chi connectivity index (χ1v) is 7.46. The number of nitrogens with one attached hydrogen (secondary N) is 3. The zero-order valence-electron chi connectivity index (χ0n) is 12.6. The molecule has 7 heteroatoms. The van der Waals surface area contributed by atoms with Gasteiger partial charge in [-0.25, -0.2) is 0 Å². The molecule has 1 fully saturated rings. The Labute approximate surface area is 137 Å². The third kappa shape index (κ3) is 3.86. The van der Waals surface area contributed by atoms with Crippen molar-refractivity contribution in [2.24, 2.45) is 0 Å². The van der Waals surface area contributed by atoms with E-state index in [4.69, 9.17) is 0 Å². The van der Waals surface area contributed by atoms with Crippen LogP contribution in [0, 0.1) is 0 Å². The van der Waals surface area contributed by atoms with Gasteiger partial charge in [0.2, 0.25) is 5.91 Å². The van der Waals surface area contributed by atoms with Crippen molar-refractivity contribution in [3.8, 4) is 0 Å². The third-order valence-electron chi connectivity index (χ3n) is 3.77. The van der Waals surface area contributed by atoms with Crippen molar-refractivity contribution < 1.29 is 18.0 Å². The predicted octanol–water partition coefficient (Wildman–Crippen LogP) is 3.25. The van der Waals surface area contributed by atoms with Crippen LogP contribution in [-0.2, 0) is 11.0 Å². The number of halogens is 3. The Morgan fingerprint density at radius 1 is 1.04 bits per heavy atom. The van der Waals surface area contributed by atoms with Crippen LogP contribution in [0.4, 0.5) is 18.9 Å². The van der Waals surface area contributed by atoms with E-state index in [0.717, 1.165) is 17.7 Å². The number of rotatable bonds is 3. The van der Waals surface area contributed by atoms with Crippen LogP contribution in [0.5, 0.6) is 0 Å². The van der Waals surface area contributed by atoms with Gasteiger partial charge in [-0.3, -0.25) is 10.1 Å². The Hall–Kier alpha value is -2.54. The van der Waals surface area contributed by atoms with Crippen molar-refractivity contribution in [3.05, 3.63) is 65.7 Å². The monoisotopic (exact) mass is 335 g/mol. The van der Waals surface area contributed by atoms with E-state index in [1.165, 1.54) is 12.1 Å². The Balaban J connectivity index is 1.74. The second kappa shape index (κ2) is 6.52. The third-order valence-corrected chi connectivity index (χ3v) is 3.77. The molecule has 2 aromatic rings. The highest BCUT2D eigenvalue weighted by Gasteiger charge is 2.31. The summed E-state index contributed by atoms with van der Waals surface area (Å²) in [5.41, 5.74) is 0.480. The number of carbonyl (C=O) groups excluding carboxylic acids is 1. The fraction of sp³-hybridized carbons (Fsp3) is 0.235. The molecule has 0 aromatic heterocycles. The Kier molecular flexibility index (Phi) is 4.44. The van der Waals surface area contributed by atoms with Crippen LogP contribution in [0.3, 0.4) is 0 Å². The zero-order chi connectivity index (χ0) is 17.2. The highest BCUT2D eigenvalue weighted by molar-refractivity contribution is 5.78. The summed E-state index contributed by atoms with van der Waals surface area (Å²) in [7, 11) is 0. The normalized spacial score (nSPS) is 21.2. The molecule has 2 unspecified atom stereocenters. The van der Waals surface area contributed by atoms with Crippen LogP contribution in [0.25, 0.3) is 0 Å². The van der Waals surface area contributed by atoms with Gasteiger partial charge in [0.05, 0.1) is 5.56 Å². The van der Waals surface area contributed by atoms with E-state index in [0.29, 0.717) is 0 Å². The van der Waals surface area contributed by atoms with Gasteiger partial charge < -0.3 is 10.6 Å². The van der Waals surface area contributed by atoms with E-state index < -0.39 is 18.0 Å². The topological polar surface area (TPSA) is 53.2 Å². The maximum absolute atomic E-state index is 12.8. The standard InChI is InChI=1S/C17H16F3N3O/c18-17(19,20)12-7-4-8-13(9-12)21-16-22-14(10-15(24)23-16)11-5-2-1-3-6-11/h1-9,14,16,21-22H,10H2,(H,23,24). The number of anilines is 1. The first-order valence-electron chi connectivity index (χ1n) is 7.46. The van der Waals surface area contributed by atoms with Gasteiger partial charge in [0.15, 0.2) is 6.29 Å². The maximum atomic E-state index is 12.8. The smallest absolute Gasteiger partial charge is 0.353 e. The largest absolute Gasteiger partial charge is 0.416 e. The molecule has 1 aliphatic rings. The second-order valence-electron chi connectivity index (χ2n) is 5.56. The molecule has 0 bridgehead atoms. The predicted molar refractivity (Wildman–Crippen MR) is 83.9 cm³/mol. The van der Waals surface area contributed by atoms with Gasteiger partial charge >= 0.3 is 6.18 Å². The molecule has 3 rings (SSSR count). The van der Waals surface area contributed by atoms with E-state index in [1.54, 1.807) is 0 Å². The van der Waals surface area contributed by atoms with Crippen LogP contribution in [-0.4, -0.2) is 12.2 Å². The van der Waals surface area contributed by atoms with Gasteiger partial charge in [0, 0.05) is 18.2 Å². The minimum absolute atomic E-state index is 0.174. The van der Waals surface area contributed by atoms with Crippen LogP contribution >= 0.6 is 0 Å². The summed E-state index contributed by atoms with van der Waals surface area (Å²) in [5, 5.41) is 8.74. The molecule has 1 amide bonds. The van der Waals surface area contributed by atoms with E-state index >= 15 is 0 Å². The molecule has 1 aliphatic heterocycles. The molecule has 1 saturated heterocycles.